The summed E-state index contributed by atoms with van der Waals surface area (Å²) in [5.74, 6) is -0.885. The molecule has 0 radical (unpaired) electrons. The number of nitrogens with two attached hydrogens (primary N) is 1. The summed E-state index contributed by atoms with van der Waals surface area (Å²) in [6.45, 7) is 0.219. The van der Waals surface area contributed by atoms with E-state index in [0.29, 0.717) is 5.56 Å². The first-order chi connectivity index (χ1) is 11.4. The molecule has 0 aliphatic heterocycles. The first kappa shape index (κ1) is 16.9. The Balaban J connectivity index is 2.03. The second-order valence-corrected chi connectivity index (χ2v) is 4.90. The summed E-state index contributed by atoms with van der Waals surface area (Å²) in [6, 6.07) is 10.2. The molecule has 0 atom stereocenters. The molecule has 0 saturated heterocycles. The topological polar surface area (TPSA) is 125 Å². The number of benzene rings is 2. The van der Waals surface area contributed by atoms with Gasteiger partial charge < -0.3 is 15.8 Å². The highest BCUT2D eigenvalue weighted by atomic mass is 16.6. The summed E-state index contributed by atoms with van der Waals surface area (Å²) < 4.78 is 4.60. The Kier molecular flexibility index (Phi) is 5.10. The van der Waals surface area contributed by atoms with Crippen molar-refractivity contribution in [3.8, 4) is 0 Å². The third-order valence-electron chi connectivity index (χ3n) is 3.32. The van der Waals surface area contributed by atoms with Gasteiger partial charge in [-0.15, -0.1) is 0 Å². The standard InChI is InChI=1S/C16H15N3O5/c1-24-16(21)11-4-2-10(3-5-11)9-18-15(20)13-7-6-12(19(22)23)8-14(13)17/h2-8H,9,17H2,1H3,(H,18,20). The zero-order valence-corrected chi connectivity index (χ0v) is 12.8. The van der Waals surface area contributed by atoms with Gasteiger partial charge in [-0.3, -0.25) is 14.9 Å². The molecule has 1 amide bonds. The van der Waals surface area contributed by atoms with Crippen LogP contribution in [0.4, 0.5) is 11.4 Å². The molecule has 2 rings (SSSR count). The molecule has 0 aliphatic rings. The molecular formula is C16H15N3O5. The second kappa shape index (κ2) is 7.23. The highest BCUT2D eigenvalue weighted by Gasteiger charge is 2.14. The van der Waals surface area contributed by atoms with Crippen molar-refractivity contribution in [3.05, 3.63) is 69.3 Å². The average molecular weight is 329 g/mol. The highest BCUT2D eigenvalue weighted by Crippen LogP contribution is 2.19. The van der Waals surface area contributed by atoms with Crippen molar-refractivity contribution in [1.82, 2.24) is 5.32 Å². The maximum atomic E-state index is 12.1. The smallest absolute Gasteiger partial charge is 0.337 e. The quantitative estimate of drug-likeness (QED) is 0.373. The Labute approximate surface area is 137 Å². The molecule has 0 unspecified atom stereocenters. The molecule has 24 heavy (non-hydrogen) atoms. The number of carbonyl (C=O) groups is 2. The van der Waals surface area contributed by atoms with Crippen molar-refractivity contribution in [2.45, 2.75) is 6.54 Å². The average Bonchev–Trinajstić information content (AvgIpc) is 2.59. The summed E-state index contributed by atoms with van der Waals surface area (Å²) in [7, 11) is 1.30. The molecule has 8 heteroatoms. The van der Waals surface area contributed by atoms with E-state index in [-0.39, 0.29) is 23.5 Å². The monoisotopic (exact) mass is 329 g/mol. The predicted octanol–water partition coefficient (Wildman–Crippen LogP) is 1.89. The van der Waals surface area contributed by atoms with Gasteiger partial charge in [0.05, 0.1) is 28.8 Å². The van der Waals surface area contributed by atoms with Gasteiger partial charge in [0.2, 0.25) is 0 Å². The number of nitrogens with zero attached hydrogens (tertiary/aromatic N) is 1. The maximum absolute atomic E-state index is 12.1. The van der Waals surface area contributed by atoms with Crippen LogP contribution in [0.15, 0.2) is 42.5 Å². The molecule has 8 nitrogen and oxygen atoms in total. The highest BCUT2D eigenvalue weighted by molar-refractivity contribution is 5.99. The van der Waals surface area contributed by atoms with Crippen molar-refractivity contribution < 1.29 is 19.2 Å². The summed E-state index contributed by atoms with van der Waals surface area (Å²) in [6.07, 6.45) is 0. The molecule has 2 aromatic rings. The van der Waals surface area contributed by atoms with Crippen LogP contribution < -0.4 is 11.1 Å². The van der Waals surface area contributed by atoms with Gasteiger partial charge in [-0.05, 0) is 23.8 Å². The Hall–Kier alpha value is -3.42. The molecule has 0 fully saturated rings. The number of hydrogen-bond acceptors (Lipinski definition) is 6. The van der Waals surface area contributed by atoms with Crippen LogP contribution in [0.2, 0.25) is 0 Å². The number of nitro benzene ring substituents is 1. The number of nitrogen functional groups attached to an aromatic ring is 1. The lowest BCUT2D eigenvalue weighted by atomic mass is 10.1. The lowest BCUT2D eigenvalue weighted by Crippen LogP contribution is -2.23. The van der Waals surface area contributed by atoms with E-state index in [0.717, 1.165) is 11.6 Å². The summed E-state index contributed by atoms with van der Waals surface area (Å²) in [4.78, 5) is 33.5. The minimum absolute atomic E-state index is 0.0303. The largest absolute Gasteiger partial charge is 0.465 e. The number of rotatable bonds is 5. The number of amides is 1. The van der Waals surface area contributed by atoms with E-state index < -0.39 is 16.8 Å². The predicted molar refractivity (Wildman–Crippen MR) is 86.5 cm³/mol. The second-order valence-electron chi connectivity index (χ2n) is 4.90. The zero-order chi connectivity index (χ0) is 17.7. The Bertz CT molecular complexity index is 787. The molecular weight excluding hydrogens is 314 g/mol. The molecule has 0 aromatic heterocycles. The van der Waals surface area contributed by atoms with Gasteiger partial charge in [-0.2, -0.15) is 0 Å². The molecule has 2 aromatic carbocycles. The van der Waals surface area contributed by atoms with Crippen molar-refractivity contribution in [2.75, 3.05) is 12.8 Å². The van der Waals surface area contributed by atoms with Crippen LogP contribution in [0.1, 0.15) is 26.3 Å². The van der Waals surface area contributed by atoms with Crippen LogP contribution in [0.25, 0.3) is 0 Å². The van der Waals surface area contributed by atoms with E-state index in [4.69, 9.17) is 5.73 Å². The molecule has 0 heterocycles. The van der Waals surface area contributed by atoms with Gasteiger partial charge in [0.1, 0.15) is 0 Å². The van der Waals surface area contributed by atoms with Crippen LogP contribution in [0, 0.1) is 10.1 Å². The number of methoxy groups -OCH3 is 1. The van der Waals surface area contributed by atoms with E-state index >= 15 is 0 Å². The van der Waals surface area contributed by atoms with Crippen molar-refractivity contribution in [2.24, 2.45) is 0 Å². The molecule has 0 saturated carbocycles. The van der Waals surface area contributed by atoms with Crippen LogP contribution in [0.5, 0.6) is 0 Å². The number of non-ortho nitro benzene ring substituents is 1. The Morgan fingerprint density at radius 2 is 1.88 bits per heavy atom. The van der Waals surface area contributed by atoms with Gasteiger partial charge in [-0.1, -0.05) is 12.1 Å². The number of anilines is 1. The molecule has 124 valence electrons. The summed E-state index contributed by atoms with van der Waals surface area (Å²) >= 11 is 0. The molecule has 0 spiro atoms. The van der Waals surface area contributed by atoms with E-state index in [1.807, 2.05) is 0 Å². The Morgan fingerprint density at radius 1 is 1.21 bits per heavy atom. The first-order valence-corrected chi connectivity index (χ1v) is 6.91. The fraction of sp³-hybridized carbons (Fsp3) is 0.125. The van der Waals surface area contributed by atoms with E-state index in [1.54, 1.807) is 24.3 Å². The van der Waals surface area contributed by atoms with E-state index in [2.05, 4.69) is 10.1 Å². The maximum Gasteiger partial charge on any atom is 0.337 e. The van der Waals surface area contributed by atoms with Crippen molar-refractivity contribution >= 4 is 23.3 Å². The third kappa shape index (κ3) is 3.86. The SMILES string of the molecule is COC(=O)c1ccc(CNC(=O)c2ccc([N+](=O)[O-])cc2N)cc1. The van der Waals surface area contributed by atoms with E-state index in [1.165, 1.54) is 19.2 Å². The lowest BCUT2D eigenvalue weighted by molar-refractivity contribution is -0.384. The summed E-state index contributed by atoms with van der Waals surface area (Å²) in [5, 5.41) is 13.3. The number of carbonyl (C=O) groups excluding carboxylic acids is 2. The molecule has 3 N–H and O–H groups in total. The van der Waals surface area contributed by atoms with Gasteiger partial charge in [0.25, 0.3) is 11.6 Å². The molecule has 0 bridgehead atoms. The zero-order valence-electron chi connectivity index (χ0n) is 12.8. The van der Waals surface area contributed by atoms with Crippen LogP contribution in [0.3, 0.4) is 0 Å². The van der Waals surface area contributed by atoms with Crippen molar-refractivity contribution in [1.29, 1.82) is 0 Å². The van der Waals surface area contributed by atoms with Gasteiger partial charge in [-0.25, -0.2) is 4.79 Å². The van der Waals surface area contributed by atoms with Gasteiger partial charge in [0.15, 0.2) is 0 Å². The van der Waals surface area contributed by atoms with Crippen LogP contribution in [-0.2, 0) is 11.3 Å². The third-order valence-corrected chi connectivity index (χ3v) is 3.32. The number of nitro groups is 1. The molecule has 0 aliphatic carbocycles. The fourth-order valence-corrected chi connectivity index (χ4v) is 2.02. The normalized spacial score (nSPS) is 10.0. The minimum Gasteiger partial charge on any atom is -0.465 e. The number of ether oxygens (including phenoxy) is 1. The van der Waals surface area contributed by atoms with E-state index in [9.17, 15) is 19.7 Å². The summed E-state index contributed by atoms with van der Waals surface area (Å²) in [5.41, 5.74) is 6.88. The van der Waals surface area contributed by atoms with Crippen molar-refractivity contribution in [3.63, 3.8) is 0 Å². The number of nitrogens with one attached hydrogen (secondary N) is 1. The van der Waals surface area contributed by atoms with Crippen LogP contribution >= 0.6 is 0 Å². The first-order valence-electron chi connectivity index (χ1n) is 6.91. The van der Waals surface area contributed by atoms with Gasteiger partial charge >= 0.3 is 5.97 Å². The number of hydrogen-bond donors (Lipinski definition) is 2. The van der Waals surface area contributed by atoms with Crippen LogP contribution in [-0.4, -0.2) is 23.9 Å². The Morgan fingerprint density at radius 3 is 2.42 bits per heavy atom. The minimum atomic E-state index is -0.582. The number of esters is 1. The lowest BCUT2D eigenvalue weighted by Gasteiger charge is -2.08. The van der Waals surface area contributed by atoms with Gasteiger partial charge in [0, 0.05) is 18.7 Å². The fourth-order valence-electron chi connectivity index (χ4n) is 2.02.